The fraction of sp³-hybridized carbons (Fsp3) is 0.333. The van der Waals surface area contributed by atoms with Crippen LogP contribution in [0.25, 0.3) is 22.1 Å². The van der Waals surface area contributed by atoms with Gasteiger partial charge in [0, 0.05) is 16.6 Å². The smallest absolute Gasteiger partial charge is 0.324 e. The highest BCUT2D eigenvalue weighted by Crippen LogP contribution is 2.30. The zero-order chi connectivity index (χ0) is 31.3. The van der Waals surface area contributed by atoms with Crippen LogP contribution in [-0.2, 0) is 26.0 Å². The van der Waals surface area contributed by atoms with E-state index in [0.717, 1.165) is 41.5 Å². The maximum absolute atomic E-state index is 13.2. The first-order chi connectivity index (χ1) is 20.4. The van der Waals surface area contributed by atoms with E-state index in [1.54, 1.807) is 38.1 Å². The molecule has 2 N–H and O–H groups in total. The van der Waals surface area contributed by atoms with Crippen LogP contribution in [0.4, 0.5) is 5.69 Å². The third-order valence-electron chi connectivity index (χ3n) is 7.34. The number of fused-ring (bicyclic) bond motifs is 1. The first kappa shape index (κ1) is 31.9. The lowest BCUT2D eigenvalue weighted by atomic mass is 10.0. The molecule has 0 aliphatic heterocycles. The molecule has 0 fully saturated rings. The lowest BCUT2D eigenvalue weighted by Crippen LogP contribution is -2.44. The number of anilines is 1. The maximum Gasteiger partial charge on any atom is 0.324 e. The zero-order valence-corrected chi connectivity index (χ0v) is 26.2. The number of hydrogen-bond donors (Lipinski definition) is 2. The molecule has 10 heteroatoms. The Morgan fingerprint density at radius 1 is 0.953 bits per heavy atom. The third kappa shape index (κ3) is 7.51. The van der Waals surface area contributed by atoms with Crippen LogP contribution in [0, 0.1) is 12.8 Å². The number of benzene rings is 3. The van der Waals surface area contributed by atoms with Crippen LogP contribution >= 0.6 is 0 Å². The lowest BCUT2D eigenvalue weighted by Gasteiger charge is -2.19. The summed E-state index contributed by atoms with van der Waals surface area (Å²) in [6.07, 6.45) is 1.90. The van der Waals surface area contributed by atoms with Gasteiger partial charge < -0.3 is 19.4 Å². The van der Waals surface area contributed by atoms with Crippen LogP contribution in [0.3, 0.4) is 0 Å². The number of methoxy groups -OCH3 is 1. The predicted octanol–water partition coefficient (Wildman–Crippen LogP) is 5.63. The second-order valence-corrected chi connectivity index (χ2v) is 12.9. The van der Waals surface area contributed by atoms with Crippen LogP contribution in [0.2, 0.25) is 0 Å². The highest BCUT2D eigenvalue weighted by molar-refractivity contribution is 7.89. The van der Waals surface area contributed by atoms with Gasteiger partial charge >= 0.3 is 5.97 Å². The van der Waals surface area contributed by atoms with Crippen molar-refractivity contribution >= 4 is 38.6 Å². The number of ether oxygens (including phenoxy) is 1. The van der Waals surface area contributed by atoms with Gasteiger partial charge in [0.05, 0.1) is 12.0 Å². The van der Waals surface area contributed by atoms with E-state index in [9.17, 15) is 18.0 Å². The molecule has 1 atom stereocenters. The molecular formula is C33H39N3O6S. The molecule has 0 radical (unpaired) electrons. The Balaban J connectivity index is 1.46. The fourth-order valence-electron chi connectivity index (χ4n) is 4.98. The Kier molecular flexibility index (Phi) is 10.1. The number of esters is 1. The fourth-order valence-corrected chi connectivity index (χ4v) is 6.31. The van der Waals surface area contributed by atoms with Crippen molar-refractivity contribution in [1.29, 1.82) is 0 Å². The van der Waals surface area contributed by atoms with E-state index in [4.69, 9.17) is 9.15 Å². The Labute approximate surface area is 253 Å². The number of aryl methyl sites for hydroxylation is 2. The van der Waals surface area contributed by atoms with Gasteiger partial charge in [0.25, 0.3) is 5.91 Å². The molecule has 0 aliphatic rings. The van der Waals surface area contributed by atoms with Crippen molar-refractivity contribution in [2.45, 2.75) is 44.6 Å². The molecule has 4 aromatic rings. The number of sulfonamides is 1. The Morgan fingerprint density at radius 3 is 2.16 bits per heavy atom. The molecule has 1 amide bonds. The van der Waals surface area contributed by atoms with E-state index >= 15 is 0 Å². The van der Waals surface area contributed by atoms with Crippen LogP contribution in [0.15, 0.2) is 76.0 Å². The van der Waals surface area contributed by atoms with Gasteiger partial charge in [0.1, 0.15) is 11.6 Å². The van der Waals surface area contributed by atoms with Crippen molar-refractivity contribution in [3.8, 4) is 11.1 Å². The summed E-state index contributed by atoms with van der Waals surface area (Å²) in [5.74, 6) is -0.962. The summed E-state index contributed by atoms with van der Waals surface area (Å²) in [4.78, 5) is 27.4. The number of hydrogen-bond acceptors (Lipinski definition) is 7. The third-order valence-corrected chi connectivity index (χ3v) is 8.80. The molecule has 4 rings (SSSR count). The molecule has 1 heterocycles. The van der Waals surface area contributed by atoms with E-state index in [0.29, 0.717) is 11.3 Å². The summed E-state index contributed by atoms with van der Waals surface area (Å²) in [5, 5.41) is 3.91. The normalized spacial score (nSPS) is 12.6. The lowest BCUT2D eigenvalue weighted by molar-refractivity contribution is -0.143. The van der Waals surface area contributed by atoms with E-state index in [1.807, 2.05) is 31.2 Å². The van der Waals surface area contributed by atoms with Crippen molar-refractivity contribution < 1.29 is 27.2 Å². The van der Waals surface area contributed by atoms with Crippen LogP contribution < -0.4 is 10.0 Å². The molecule has 0 aliphatic carbocycles. The van der Waals surface area contributed by atoms with Crippen molar-refractivity contribution in [2.24, 2.45) is 5.92 Å². The first-order valence-electron chi connectivity index (χ1n) is 14.2. The molecule has 9 nitrogen and oxygen atoms in total. The van der Waals surface area contributed by atoms with Gasteiger partial charge in [-0.3, -0.25) is 9.59 Å². The standard InChI is InChI=1S/C33H39N3O6S/c1-21(2)30(33(38)41-6)35-43(39,40)27-18-14-24(15-19-27)23-12-16-26(17-13-23)34-32(37)31-22(3)29-25(10-8-20-36(4)5)9-7-11-28(29)42-31/h7,9,11-19,21,30,35H,8,10,20H2,1-6H3,(H,34,37). The number of nitrogens with zero attached hydrogens (tertiary/aromatic N) is 1. The van der Waals surface area contributed by atoms with Crippen LogP contribution in [0.5, 0.6) is 0 Å². The second kappa shape index (κ2) is 13.5. The van der Waals surface area contributed by atoms with E-state index in [2.05, 4.69) is 35.1 Å². The van der Waals surface area contributed by atoms with E-state index < -0.39 is 22.0 Å². The number of furan rings is 1. The van der Waals surface area contributed by atoms with Gasteiger partial charge in [-0.05, 0) is 93.3 Å². The van der Waals surface area contributed by atoms with Crippen molar-refractivity contribution in [1.82, 2.24) is 9.62 Å². The molecule has 0 spiro atoms. The van der Waals surface area contributed by atoms with Gasteiger partial charge in [-0.1, -0.05) is 50.2 Å². The minimum Gasteiger partial charge on any atom is -0.468 e. The average Bonchev–Trinajstić information content (AvgIpc) is 3.33. The molecule has 0 bridgehead atoms. The van der Waals surface area contributed by atoms with Gasteiger partial charge in [-0.25, -0.2) is 8.42 Å². The molecule has 43 heavy (non-hydrogen) atoms. The monoisotopic (exact) mass is 605 g/mol. The van der Waals surface area contributed by atoms with Gasteiger partial charge in [-0.2, -0.15) is 4.72 Å². The summed E-state index contributed by atoms with van der Waals surface area (Å²) in [5.41, 5.74) is 4.92. The molecule has 1 unspecified atom stereocenters. The summed E-state index contributed by atoms with van der Waals surface area (Å²) in [6.45, 7) is 6.37. The number of carbonyl (C=O) groups excluding carboxylic acids is 2. The summed E-state index contributed by atoms with van der Waals surface area (Å²) in [7, 11) is 1.39. The number of nitrogens with one attached hydrogen (secondary N) is 2. The Hall–Kier alpha value is -3.99. The summed E-state index contributed by atoms with van der Waals surface area (Å²) >= 11 is 0. The first-order valence-corrected chi connectivity index (χ1v) is 15.7. The van der Waals surface area contributed by atoms with Crippen LogP contribution in [-0.4, -0.2) is 59.0 Å². The molecule has 1 aromatic heterocycles. The predicted molar refractivity (Wildman–Crippen MR) is 169 cm³/mol. The number of carbonyl (C=O) groups is 2. The largest absolute Gasteiger partial charge is 0.468 e. The average molecular weight is 606 g/mol. The second-order valence-electron chi connectivity index (χ2n) is 11.2. The summed E-state index contributed by atoms with van der Waals surface area (Å²) in [6, 6.07) is 18.6. The van der Waals surface area contributed by atoms with E-state index in [-0.39, 0.29) is 22.5 Å². The molecule has 0 saturated carbocycles. The SMILES string of the molecule is COC(=O)C(NS(=O)(=O)c1ccc(-c2ccc(NC(=O)c3oc4cccc(CCCN(C)C)c4c3C)cc2)cc1)C(C)C. The van der Waals surface area contributed by atoms with Crippen LogP contribution in [0.1, 0.15) is 41.9 Å². The highest BCUT2D eigenvalue weighted by atomic mass is 32.2. The highest BCUT2D eigenvalue weighted by Gasteiger charge is 2.29. The van der Waals surface area contributed by atoms with Gasteiger partial charge in [0.15, 0.2) is 5.76 Å². The maximum atomic E-state index is 13.2. The van der Waals surface area contributed by atoms with Gasteiger partial charge in [0.2, 0.25) is 10.0 Å². The Bertz CT molecular complexity index is 1690. The van der Waals surface area contributed by atoms with Crippen molar-refractivity contribution in [3.63, 3.8) is 0 Å². The molecule has 228 valence electrons. The van der Waals surface area contributed by atoms with Gasteiger partial charge in [-0.15, -0.1) is 0 Å². The topological polar surface area (TPSA) is 118 Å². The van der Waals surface area contributed by atoms with E-state index in [1.165, 1.54) is 24.8 Å². The zero-order valence-electron chi connectivity index (χ0n) is 25.4. The summed E-state index contributed by atoms with van der Waals surface area (Å²) < 4.78 is 38.9. The molecule has 3 aromatic carbocycles. The number of rotatable bonds is 12. The quantitative estimate of drug-likeness (QED) is 0.201. The van der Waals surface area contributed by atoms with Crippen molar-refractivity contribution in [2.75, 3.05) is 33.1 Å². The minimum atomic E-state index is -3.94. The minimum absolute atomic E-state index is 0.0387. The number of amides is 1. The molecule has 0 saturated heterocycles. The Morgan fingerprint density at radius 2 is 1.58 bits per heavy atom. The van der Waals surface area contributed by atoms with Crippen molar-refractivity contribution in [3.05, 3.63) is 83.6 Å². The molecular weight excluding hydrogens is 566 g/mol.